The van der Waals surface area contributed by atoms with Crippen LogP contribution in [-0.4, -0.2) is 45.3 Å². The van der Waals surface area contributed by atoms with Crippen molar-refractivity contribution in [1.29, 1.82) is 0 Å². The van der Waals surface area contributed by atoms with Gasteiger partial charge in [-0.2, -0.15) is 0 Å². The number of unbranched alkanes of at least 4 members (excludes halogenated alkanes) is 2. The highest BCUT2D eigenvalue weighted by Gasteiger charge is 2.44. The predicted molar refractivity (Wildman–Crippen MR) is 78.5 cm³/mol. The van der Waals surface area contributed by atoms with Crippen LogP contribution in [0.15, 0.2) is 0 Å². The molecule has 1 unspecified atom stereocenters. The number of hydrogen-bond donors (Lipinski definition) is 0. The average molecular weight is 292 g/mol. The summed E-state index contributed by atoms with van der Waals surface area (Å²) >= 11 is 0. The van der Waals surface area contributed by atoms with Gasteiger partial charge in [-0.15, -0.1) is 0 Å². The van der Waals surface area contributed by atoms with Crippen molar-refractivity contribution in [2.45, 2.75) is 66.1 Å². The predicted octanol–water partition coefficient (Wildman–Crippen LogP) is 3.32. The summed E-state index contributed by atoms with van der Waals surface area (Å²) in [5.41, 5.74) is 0. The van der Waals surface area contributed by atoms with Crippen LogP contribution in [0.4, 0.5) is 0 Å². The molecule has 0 fully saturated rings. The van der Waals surface area contributed by atoms with Gasteiger partial charge < -0.3 is 23.7 Å². The van der Waals surface area contributed by atoms with Gasteiger partial charge in [0, 0.05) is 26.4 Å². The van der Waals surface area contributed by atoms with Crippen LogP contribution < -0.4 is 0 Å². The van der Waals surface area contributed by atoms with Crippen molar-refractivity contribution in [2.75, 3.05) is 33.0 Å². The van der Waals surface area contributed by atoms with Crippen LogP contribution in [0.25, 0.3) is 0 Å². The van der Waals surface area contributed by atoms with Gasteiger partial charge in [0.2, 0.25) is 6.29 Å². The molecule has 20 heavy (non-hydrogen) atoms. The maximum absolute atomic E-state index is 5.81. The van der Waals surface area contributed by atoms with Crippen molar-refractivity contribution in [3.63, 3.8) is 0 Å². The summed E-state index contributed by atoms with van der Waals surface area (Å²) in [5, 5.41) is 0. The van der Waals surface area contributed by atoms with Crippen molar-refractivity contribution < 1.29 is 23.7 Å². The van der Waals surface area contributed by atoms with Crippen LogP contribution in [0.1, 0.15) is 53.9 Å². The average Bonchev–Trinajstić information content (AvgIpc) is 2.43. The second-order valence-electron chi connectivity index (χ2n) is 4.27. The van der Waals surface area contributed by atoms with Gasteiger partial charge in [-0.25, -0.2) is 0 Å². The Hall–Kier alpha value is -0.200. The largest absolute Gasteiger partial charge is 0.346 e. The van der Waals surface area contributed by atoms with Gasteiger partial charge in [0.25, 0.3) is 0 Å². The first-order valence-corrected chi connectivity index (χ1v) is 7.85. The fraction of sp³-hybridized carbons (Fsp3) is 1.00. The van der Waals surface area contributed by atoms with E-state index in [1.54, 1.807) is 0 Å². The van der Waals surface area contributed by atoms with Crippen molar-refractivity contribution in [2.24, 2.45) is 0 Å². The topological polar surface area (TPSA) is 46.2 Å². The Bertz CT molecular complexity index is 193. The minimum absolute atomic E-state index is 0.460. The molecule has 0 saturated heterocycles. The molecular formula is C15H32O5. The summed E-state index contributed by atoms with van der Waals surface area (Å²) in [6, 6.07) is 0. The van der Waals surface area contributed by atoms with Gasteiger partial charge in [0.05, 0.1) is 6.61 Å². The van der Waals surface area contributed by atoms with Gasteiger partial charge in [-0.1, -0.05) is 19.8 Å². The molecule has 0 aromatic heterocycles. The molecule has 0 bridgehead atoms. The molecule has 122 valence electrons. The molecular weight excluding hydrogens is 260 g/mol. The maximum Gasteiger partial charge on any atom is 0.337 e. The summed E-state index contributed by atoms with van der Waals surface area (Å²) in [7, 11) is 0. The van der Waals surface area contributed by atoms with E-state index in [4.69, 9.17) is 23.7 Å². The number of ether oxygens (including phenoxy) is 5. The molecule has 0 rings (SSSR count). The zero-order valence-electron chi connectivity index (χ0n) is 13.8. The summed E-state index contributed by atoms with van der Waals surface area (Å²) in [5.74, 6) is -1.28. The fourth-order valence-electron chi connectivity index (χ4n) is 1.88. The number of hydrogen-bond acceptors (Lipinski definition) is 5. The molecule has 0 amide bonds. The Balaban J connectivity index is 4.77. The highest BCUT2D eigenvalue weighted by Crippen LogP contribution is 2.24. The molecule has 0 aromatic carbocycles. The van der Waals surface area contributed by atoms with Crippen molar-refractivity contribution >= 4 is 0 Å². The first kappa shape index (κ1) is 19.8. The van der Waals surface area contributed by atoms with E-state index < -0.39 is 12.3 Å². The lowest BCUT2D eigenvalue weighted by Gasteiger charge is -2.37. The molecule has 5 nitrogen and oxygen atoms in total. The van der Waals surface area contributed by atoms with E-state index in [2.05, 4.69) is 6.92 Å². The van der Waals surface area contributed by atoms with Gasteiger partial charge in [0.1, 0.15) is 0 Å². The van der Waals surface area contributed by atoms with E-state index in [9.17, 15) is 0 Å². The molecule has 0 aliphatic rings. The smallest absolute Gasteiger partial charge is 0.337 e. The lowest BCUT2D eigenvalue weighted by molar-refractivity contribution is -0.453. The summed E-state index contributed by atoms with van der Waals surface area (Å²) in [6.07, 6.45) is 2.59. The van der Waals surface area contributed by atoms with Crippen molar-refractivity contribution in [3.8, 4) is 0 Å². The van der Waals surface area contributed by atoms with Crippen LogP contribution in [0.5, 0.6) is 0 Å². The number of rotatable bonds is 14. The van der Waals surface area contributed by atoms with Gasteiger partial charge in [-0.05, 0) is 34.1 Å². The molecule has 5 heteroatoms. The van der Waals surface area contributed by atoms with Gasteiger partial charge in [0.15, 0.2) is 0 Å². The molecule has 0 aromatic rings. The highest BCUT2D eigenvalue weighted by molar-refractivity contribution is 4.64. The zero-order chi connectivity index (χ0) is 15.3. The third kappa shape index (κ3) is 6.99. The molecule has 0 aliphatic heterocycles. The van der Waals surface area contributed by atoms with Crippen LogP contribution in [0.3, 0.4) is 0 Å². The van der Waals surface area contributed by atoms with E-state index in [0.717, 1.165) is 19.3 Å². The summed E-state index contributed by atoms with van der Waals surface area (Å²) < 4.78 is 28.5. The molecule has 1 atom stereocenters. The fourth-order valence-corrected chi connectivity index (χ4v) is 1.88. The Morgan fingerprint density at radius 3 is 1.65 bits per heavy atom. The van der Waals surface area contributed by atoms with Crippen molar-refractivity contribution in [3.05, 3.63) is 0 Å². The van der Waals surface area contributed by atoms with Crippen LogP contribution in [0, 0.1) is 0 Å². The van der Waals surface area contributed by atoms with Gasteiger partial charge in [-0.3, -0.25) is 0 Å². The second-order valence-corrected chi connectivity index (χ2v) is 4.27. The Kier molecular flexibility index (Phi) is 12.4. The standard InChI is InChI=1S/C15H32O5/c1-6-11-12-13-17-14(16-7-2)15(18-8-3,19-9-4)20-10-5/h14H,6-13H2,1-5H3. The highest BCUT2D eigenvalue weighted by atomic mass is 16.9. The zero-order valence-corrected chi connectivity index (χ0v) is 13.8. The Morgan fingerprint density at radius 2 is 1.25 bits per heavy atom. The third-order valence-electron chi connectivity index (χ3n) is 2.66. The second kappa shape index (κ2) is 12.5. The monoisotopic (exact) mass is 292 g/mol. The minimum Gasteiger partial charge on any atom is -0.346 e. The van der Waals surface area contributed by atoms with E-state index in [1.807, 2.05) is 27.7 Å². The Labute approximate surface area is 123 Å². The minimum atomic E-state index is -1.28. The molecule has 0 saturated carbocycles. The van der Waals surface area contributed by atoms with E-state index in [-0.39, 0.29) is 0 Å². The van der Waals surface area contributed by atoms with E-state index >= 15 is 0 Å². The molecule has 0 heterocycles. The molecule has 0 N–H and O–H groups in total. The summed E-state index contributed by atoms with van der Waals surface area (Å²) in [6.45, 7) is 12.3. The lowest BCUT2D eigenvalue weighted by atomic mass is 10.3. The third-order valence-corrected chi connectivity index (χ3v) is 2.66. The Morgan fingerprint density at radius 1 is 0.700 bits per heavy atom. The normalized spacial score (nSPS) is 13.7. The lowest BCUT2D eigenvalue weighted by Crippen LogP contribution is -2.52. The van der Waals surface area contributed by atoms with Crippen LogP contribution >= 0.6 is 0 Å². The van der Waals surface area contributed by atoms with Crippen LogP contribution in [0.2, 0.25) is 0 Å². The molecule has 0 aliphatic carbocycles. The summed E-state index contributed by atoms with van der Waals surface area (Å²) in [4.78, 5) is 0. The molecule has 0 spiro atoms. The van der Waals surface area contributed by atoms with E-state index in [0.29, 0.717) is 33.0 Å². The first-order valence-electron chi connectivity index (χ1n) is 7.85. The van der Waals surface area contributed by atoms with Gasteiger partial charge >= 0.3 is 5.97 Å². The quantitative estimate of drug-likeness (QED) is 0.363. The first-order chi connectivity index (χ1) is 9.70. The van der Waals surface area contributed by atoms with E-state index in [1.165, 1.54) is 0 Å². The SMILES string of the molecule is CCCCCOC(OCC)C(OCC)(OCC)OCC. The van der Waals surface area contributed by atoms with Crippen LogP contribution in [-0.2, 0) is 23.7 Å². The molecule has 0 radical (unpaired) electrons. The van der Waals surface area contributed by atoms with Crippen molar-refractivity contribution in [1.82, 2.24) is 0 Å². The maximum atomic E-state index is 5.81.